The first kappa shape index (κ1) is 14.1. The van der Waals surface area contributed by atoms with Crippen molar-refractivity contribution in [3.8, 4) is 16.9 Å². The molecule has 2 aromatic rings. The van der Waals surface area contributed by atoms with E-state index >= 15 is 0 Å². The zero-order valence-electron chi connectivity index (χ0n) is 11.7. The molecular formula is C17H18O3. The second-order valence-electron chi connectivity index (χ2n) is 4.75. The fourth-order valence-corrected chi connectivity index (χ4v) is 2.27. The van der Waals surface area contributed by atoms with Crippen molar-refractivity contribution < 1.29 is 14.6 Å². The number of rotatable bonds is 5. The number of carboxylic acids is 1. The van der Waals surface area contributed by atoms with E-state index in [-0.39, 0.29) is 6.42 Å². The maximum atomic E-state index is 10.8. The number of aryl methyl sites for hydroxylation is 2. The smallest absolute Gasteiger partial charge is 0.303 e. The Labute approximate surface area is 118 Å². The number of hydrogen-bond donors (Lipinski definition) is 1. The normalized spacial score (nSPS) is 10.3. The quantitative estimate of drug-likeness (QED) is 0.901. The second-order valence-corrected chi connectivity index (χ2v) is 4.75. The molecule has 2 aromatic carbocycles. The first-order valence-electron chi connectivity index (χ1n) is 6.56. The number of aliphatic carboxylic acids is 1. The molecule has 0 aliphatic heterocycles. The Hall–Kier alpha value is -2.29. The first-order valence-corrected chi connectivity index (χ1v) is 6.56. The van der Waals surface area contributed by atoms with Crippen LogP contribution in [0.1, 0.15) is 17.5 Å². The number of benzene rings is 2. The highest BCUT2D eigenvalue weighted by atomic mass is 16.5. The molecule has 0 saturated carbocycles. The van der Waals surface area contributed by atoms with Crippen LogP contribution in [-0.2, 0) is 11.2 Å². The number of hydrogen-bond acceptors (Lipinski definition) is 2. The molecule has 3 nitrogen and oxygen atoms in total. The van der Waals surface area contributed by atoms with Gasteiger partial charge >= 0.3 is 5.97 Å². The first-order chi connectivity index (χ1) is 9.61. The van der Waals surface area contributed by atoms with Gasteiger partial charge in [-0.3, -0.25) is 4.79 Å². The molecule has 0 aliphatic carbocycles. The maximum Gasteiger partial charge on any atom is 0.303 e. The van der Waals surface area contributed by atoms with Crippen LogP contribution >= 0.6 is 0 Å². The Morgan fingerprint density at radius 3 is 2.60 bits per heavy atom. The van der Waals surface area contributed by atoms with Crippen LogP contribution in [0.4, 0.5) is 0 Å². The fourth-order valence-electron chi connectivity index (χ4n) is 2.27. The molecular weight excluding hydrogens is 252 g/mol. The van der Waals surface area contributed by atoms with Crippen molar-refractivity contribution in [2.75, 3.05) is 7.11 Å². The summed E-state index contributed by atoms with van der Waals surface area (Å²) >= 11 is 0. The molecule has 0 heterocycles. The minimum atomic E-state index is -0.781. The van der Waals surface area contributed by atoms with E-state index in [9.17, 15) is 4.79 Å². The van der Waals surface area contributed by atoms with E-state index in [1.807, 2.05) is 43.3 Å². The molecule has 0 saturated heterocycles. The lowest BCUT2D eigenvalue weighted by atomic mass is 9.95. The summed E-state index contributed by atoms with van der Waals surface area (Å²) in [4.78, 5) is 10.8. The van der Waals surface area contributed by atoms with Crippen molar-refractivity contribution in [1.29, 1.82) is 0 Å². The van der Waals surface area contributed by atoms with E-state index in [4.69, 9.17) is 9.84 Å². The predicted octanol–water partition coefficient (Wildman–Crippen LogP) is 3.69. The van der Waals surface area contributed by atoms with Crippen molar-refractivity contribution in [2.24, 2.45) is 0 Å². The van der Waals surface area contributed by atoms with E-state index in [1.54, 1.807) is 7.11 Å². The lowest BCUT2D eigenvalue weighted by Crippen LogP contribution is -1.99. The number of carboxylic acid groups (broad SMARTS) is 1. The highest BCUT2D eigenvalue weighted by Crippen LogP contribution is 2.33. The Kier molecular flexibility index (Phi) is 4.41. The third-order valence-corrected chi connectivity index (χ3v) is 3.27. The SMILES string of the molecule is COc1ccc(C)cc1-c1ccccc1CCC(=O)O. The van der Waals surface area contributed by atoms with E-state index in [1.165, 1.54) is 0 Å². The summed E-state index contributed by atoms with van der Waals surface area (Å²) in [6.07, 6.45) is 0.647. The molecule has 3 heteroatoms. The third kappa shape index (κ3) is 3.18. The van der Waals surface area contributed by atoms with Gasteiger partial charge in [-0.25, -0.2) is 0 Å². The molecule has 0 unspecified atom stereocenters. The lowest BCUT2D eigenvalue weighted by molar-refractivity contribution is -0.136. The van der Waals surface area contributed by atoms with Gasteiger partial charge in [0.15, 0.2) is 0 Å². The highest BCUT2D eigenvalue weighted by molar-refractivity contribution is 5.75. The average molecular weight is 270 g/mol. The number of ether oxygens (including phenoxy) is 1. The van der Waals surface area contributed by atoms with E-state index in [0.29, 0.717) is 6.42 Å². The van der Waals surface area contributed by atoms with Crippen molar-refractivity contribution in [2.45, 2.75) is 19.8 Å². The van der Waals surface area contributed by atoms with Gasteiger partial charge in [0.05, 0.1) is 7.11 Å². The monoisotopic (exact) mass is 270 g/mol. The van der Waals surface area contributed by atoms with Crippen LogP contribution in [-0.4, -0.2) is 18.2 Å². The standard InChI is InChI=1S/C17H18O3/c1-12-7-9-16(20-2)15(11-12)14-6-4-3-5-13(14)8-10-17(18)19/h3-7,9,11H,8,10H2,1-2H3,(H,18,19). The predicted molar refractivity (Wildman–Crippen MR) is 79.1 cm³/mol. The van der Waals surface area contributed by atoms with Gasteiger partial charge in [0.1, 0.15) is 5.75 Å². The van der Waals surface area contributed by atoms with Gasteiger partial charge in [0.2, 0.25) is 0 Å². The van der Waals surface area contributed by atoms with Gasteiger partial charge in [-0.05, 0) is 36.6 Å². The minimum absolute atomic E-state index is 0.130. The number of carbonyl (C=O) groups is 1. The van der Waals surface area contributed by atoms with Gasteiger partial charge in [-0.2, -0.15) is 0 Å². The summed E-state index contributed by atoms with van der Waals surface area (Å²) in [7, 11) is 1.65. The van der Waals surface area contributed by atoms with E-state index < -0.39 is 5.97 Å². The van der Waals surface area contributed by atoms with Crippen LogP contribution in [0.2, 0.25) is 0 Å². The summed E-state index contributed by atoms with van der Waals surface area (Å²) in [6.45, 7) is 2.03. The minimum Gasteiger partial charge on any atom is -0.496 e. The Morgan fingerprint density at radius 2 is 1.90 bits per heavy atom. The fraction of sp³-hybridized carbons (Fsp3) is 0.235. The summed E-state index contributed by atoms with van der Waals surface area (Å²) in [5.41, 5.74) is 4.22. The largest absolute Gasteiger partial charge is 0.496 e. The zero-order chi connectivity index (χ0) is 14.5. The summed E-state index contributed by atoms with van der Waals surface area (Å²) in [5, 5.41) is 8.86. The third-order valence-electron chi connectivity index (χ3n) is 3.27. The van der Waals surface area contributed by atoms with Crippen molar-refractivity contribution in [3.05, 3.63) is 53.6 Å². The molecule has 0 radical (unpaired) electrons. The summed E-state index contributed by atoms with van der Waals surface area (Å²) < 4.78 is 5.42. The van der Waals surface area contributed by atoms with Gasteiger partial charge in [0.25, 0.3) is 0 Å². The molecule has 0 aromatic heterocycles. The van der Waals surface area contributed by atoms with Crippen LogP contribution in [0, 0.1) is 6.92 Å². The molecule has 104 valence electrons. The molecule has 0 fully saturated rings. The highest BCUT2D eigenvalue weighted by Gasteiger charge is 2.11. The molecule has 0 aliphatic rings. The molecule has 0 bridgehead atoms. The van der Waals surface area contributed by atoms with E-state index in [2.05, 4.69) is 6.07 Å². The molecule has 0 spiro atoms. The molecule has 20 heavy (non-hydrogen) atoms. The van der Waals surface area contributed by atoms with Crippen molar-refractivity contribution in [1.82, 2.24) is 0 Å². The number of methoxy groups -OCH3 is 1. The summed E-state index contributed by atoms with van der Waals surface area (Å²) in [6, 6.07) is 13.9. The van der Waals surface area contributed by atoms with Gasteiger partial charge < -0.3 is 9.84 Å². The van der Waals surface area contributed by atoms with Crippen LogP contribution < -0.4 is 4.74 Å². The molecule has 0 atom stereocenters. The average Bonchev–Trinajstić information content (AvgIpc) is 2.45. The van der Waals surface area contributed by atoms with Crippen molar-refractivity contribution >= 4 is 5.97 Å². The van der Waals surface area contributed by atoms with Gasteiger partial charge in [-0.1, -0.05) is 35.9 Å². The Morgan fingerprint density at radius 1 is 1.15 bits per heavy atom. The van der Waals surface area contributed by atoms with Crippen molar-refractivity contribution in [3.63, 3.8) is 0 Å². The topological polar surface area (TPSA) is 46.5 Å². The van der Waals surface area contributed by atoms with Crippen LogP contribution in [0.3, 0.4) is 0 Å². The Bertz CT molecular complexity index is 617. The van der Waals surface area contributed by atoms with E-state index in [0.717, 1.165) is 28.0 Å². The summed E-state index contributed by atoms with van der Waals surface area (Å²) in [5.74, 6) is 0.0226. The van der Waals surface area contributed by atoms with Crippen LogP contribution in [0.5, 0.6) is 5.75 Å². The second kappa shape index (κ2) is 6.24. The molecule has 2 rings (SSSR count). The van der Waals surface area contributed by atoms with Crippen LogP contribution in [0.25, 0.3) is 11.1 Å². The zero-order valence-corrected chi connectivity index (χ0v) is 11.7. The van der Waals surface area contributed by atoms with Crippen LogP contribution in [0.15, 0.2) is 42.5 Å². The van der Waals surface area contributed by atoms with Gasteiger partial charge in [0, 0.05) is 12.0 Å². The lowest BCUT2D eigenvalue weighted by Gasteiger charge is -2.13. The Balaban J connectivity index is 2.46. The maximum absolute atomic E-state index is 10.8. The molecule has 0 amide bonds. The molecule has 1 N–H and O–H groups in total. The van der Waals surface area contributed by atoms with Gasteiger partial charge in [-0.15, -0.1) is 0 Å².